The summed E-state index contributed by atoms with van der Waals surface area (Å²) in [6, 6.07) is 0. The summed E-state index contributed by atoms with van der Waals surface area (Å²) in [6.45, 7) is 3.33. The van der Waals surface area contributed by atoms with Crippen LogP contribution in [0.5, 0.6) is 0 Å². The van der Waals surface area contributed by atoms with Gasteiger partial charge < -0.3 is 5.32 Å². The molecule has 6 heteroatoms. The van der Waals surface area contributed by atoms with E-state index in [0.29, 0.717) is 30.8 Å². The summed E-state index contributed by atoms with van der Waals surface area (Å²) in [5, 5.41) is 3.58. The predicted molar refractivity (Wildman–Crippen MR) is 88.2 cm³/mol. The molecule has 4 nitrogen and oxygen atoms in total. The van der Waals surface area contributed by atoms with Gasteiger partial charge in [-0.3, -0.25) is 0 Å². The summed E-state index contributed by atoms with van der Waals surface area (Å²) in [5.41, 5.74) is 0. The standard InChI is InChI=1S/C15H29ClN2O2S/c1-21(19,20)18-8-4-5-13(12-18)10-17-11-15-7-3-2-6-14(15)9-16/h13-15,17H,2-12H2,1H3. The molecule has 1 saturated heterocycles. The van der Waals surface area contributed by atoms with Crippen LogP contribution in [-0.2, 0) is 10.0 Å². The van der Waals surface area contributed by atoms with Crippen molar-refractivity contribution in [3.05, 3.63) is 0 Å². The topological polar surface area (TPSA) is 49.4 Å². The number of halogens is 1. The molecule has 0 aromatic rings. The number of piperidine rings is 1. The Morgan fingerprint density at radius 1 is 1.10 bits per heavy atom. The van der Waals surface area contributed by atoms with Gasteiger partial charge in [0, 0.05) is 19.0 Å². The highest BCUT2D eigenvalue weighted by Gasteiger charge is 2.27. The van der Waals surface area contributed by atoms with E-state index in [4.69, 9.17) is 11.6 Å². The Labute approximate surface area is 134 Å². The van der Waals surface area contributed by atoms with Gasteiger partial charge in [0.05, 0.1) is 6.26 Å². The zero-order valence-electron chi connectivity index (χ0n) is 13.1. The van der Waals surface area contributed by atoms with Crippen molar-refractivity contribution in [1.29, 1.82) is 0 Å². The zero-order valence-corrected chi connectivity index (χ0v) is 14.6. The van der Waals surface area contributed by atoms with Gasteiger partial charge in [-0.2, -0.15) is 0 Å². The Hall–Kier alpha value is 0.160. The van der Waals surface area contributed by atoms with Crippen LogP contribution in [0.3, 0.4) is 0 Å². The molecule has 124 valence electrons. The van der Waals surface area contributed by atoms with Crippen LogP contribution in [0.1, 0.15) is 38.5 Å². The number of nitrogens with zero attached hydrogens (tertiary/aromatic N) is 1. The number of rotatable bonds is 6. The summed E-state index contributed by atoms with van der Waals surface area (Å²) >= 11 is 6.07. The van der Waals surface area contributed by atoms with Crippen LogP contribution in [0, 0.1) is 17.8 Å². The van der Waals surface area contributed by atoms with E-state index < -0.39 is 10.0 Å². The average molecular weight is 337 g/mol. The van der Waals surface area contributed by atoms with Crippen molar-refractivity contribution in [1.82, 2.24) is 9.62 Å². The van der Waals surface area contributed by atoms with Crippen molar-refractivity contribution in [3.63, 3.8) is 0 Å². The lowest BCUT2D eigenvalue weighted by atomic mass is 9.80. The molecule has 0 bridgehead atoms. The van der Waals surface area contributed by atoms with Crippen LogP contribution in [0.4, 0.5) is 0 Å². The molecule has 2 rings (SSSR count). The summed E-state index contributed by atoms with van der Waals surface area (Å²) < 4.78 is 24.9. The molecule has 1 N–H and O–H groups in total. The highest BCUT2D eigenvalue weighted by atomic mass is 35.5. The largest absolute Gasteiger partial charge is 0.316 e. The molecule has 1 aliphatic carbocycles. The fourth-order valence-electron chi connectivity index (χ4n) is 3.72. The van der Waals surface area contributed by atoms with Crippen LogP contribution in [0.25, 0.3) is 0 Å². The molecule has 1 heterocycles. The first kappa shape index (κ1) is 17.5. The van der Waals surface area contributed by atoms with Crippen LogP contribution in [-0.4, -0.2) is 51.0 Å². The van der Waals surface area contributed by atoms with E-state index in [1.54, 1.807) is 4.31 Å². The molecule has 1 saturated carbocycles. The lowest BCUT2D eigenvalue weighted by Gasteiger charge is -2.33. The fraction of sp³-hybridized carbons (Fsp3) is 1.00. The molecule has 21 heavy (non-hydrogen) atoms. The molecular formula is C15H29ClN2O2S. The van der Waals surface area contributed by atoms with E-state index in [0.717, 1.165) is 31.8 Å². The number of hydrogen-bond acceptors (Lipinski definition) is 3. The smallest absolute Gasteiger partial charge is 0.211 e. The molecule has 0 aromatic heterocycles. The van der Waals surface area contributed by atoms with Gasteiger partial charge in [-0.25, -0.2) is 12.7 Å². The second kappa shape index (κ2) is 8.14. The van der Waals surface area contributed by atoms with Crippen molar-refractivity contribution in [2.45, 2.75) is 38.5 Å². The molecule has 2 aliphatic rings. The van der Waals surface area contributed by atoms with Gasteiger partial charge in [0.15, 0.2) is 0 Å². The summed E-state index contributed by atoms with van der Waals surface area (Å²) in [7, 11) is -3.03. The summed E-state index contributed by atoms with van der Waals surface area (Å²) in [4.78, 5) is 0. The first-order valence-electron chi connectivity index (χ1n) is 8.22. The van der Waals surface area contributed by atoms with Crippen molar-refractivity contribution >= 4 is 21.6 Å². The van der Waals surface area contributed by atoms with E-state index in [1.807, 2.05) is 0 Å². The van der Waals surface area contributed by atoms with Gasteiger partial charge in [-0.1, -0.05) is 12.8 Å². The van der Waals surface area contributed by atoms with Crippen molar-refractivity contribution < 1.29 is 8.42 Å². The van der Waals surface area contributed by atoms with E-state index in [2.05, 4.69) is 5.32 Å². The number of alkyl halides is 1. The highest BCUT2D eigenvalue weighted by Crippen LogP contribution is 2.30. The molecular weight excluding hydrogens is 308 g/mol. The van der Waals surface area contributed by atoms with Gasteiger partial charge in [0.1, 0.15) is 0 Å². The van der Waals surface area contributed by atoms with Gasteiger partial charge in [0.2, 0.25) is 10.0 Å². The predicted octanol–water partition coefficient (Wildman–Crippen LogP) is 2.29. The first-order chi connectivity index (χ1) is 10.0. The zero-order chi connectivity index (χ0) is 15.3. The third kappa shape index (κ3) is 5.38. The minimum atomic E-state index is -3.03. The Morgan fingerprint density at radius 2 is 1.81 bits per heavy atom. The van der Waals surface area contributed by atoms with Crippen LogP contribution < -0.4 is 5.32 Å². The lowest BCUT2D eigenvalue weighted by molar-refractivity contribution is 0.229. The molecule has 0 spiro atoms. The van der Waals surface area contributed by atoms with Gasteiger partial charge >= 0.3 is 0 Å². The minimum absolute atomic E-state index is 0.450. The average Bonchev–Trinajstić information content (AvgIpc) is 2.47. The summed E-state index contributed by atoms with van der Waals surface area (Å²) in [6.07, 6.45) is 8.61. The highest BCUT2D eigenvalue weighted by molar-refractivity contribution is 7.88. The van der Waals surface area contributed by atoms with Crippen molar-refractivity contribution in [3.8, 4) is 0 Å². The first-order valence-corrected chi connectivity index (χ1v) is 10.6. The molecule has 3 unspecified atom stereocenters. The molecule has 2 fully saturated rings. The Bertz CT molecular complexity index is 416. The Balaban J connectivity index is 1.73. The fourth-order valence-corrected chi connectivity index (χ4v) is 5.07. The van der Waals surface area contributed by atoms with Crippen LogP contribution in [0.15, 0.2) is 0 Å². The monoisotopic (exact) mass is 336 g/mol. The van der Waals surface area contributed by atoms with Gasteiger partial charge in [0.25, 0.3) is 0 Å². The van der Waals surface area contributed by atoms with Gasteiger partial charge in [-0.05, 0) is 56.5 Å². The lowest BCUT2D eigenvalue weighted by Crippen LogP contribution is -2.43. The minimum Gasteiger partial charge on any atom is -0.316 e. The third-order valence-electron chi connectivity index (χ3n) is 5.05. The number of sulfonamides is 1. The maximum atomic E-state index is 11.6. The van der Waals surface area contributed by atoms with Crippen LogP contribution in [0.2, 0.25) is 0 Å². The Kier molecular flexibility index (Phi) is 6.79. The quantitative estimate of drug-likeness (QED) is 0.757. The van der Waals surface area contributed by atoms with E-state index in [1.165, 1.54) is 31.9 Å². The second-order valence-electron chi connectivity index (χ2n) is 6.75. The maximum Gasteiger partial charge on any atom is 0.211 e. The van der Waals surface area contributed by atoms with E-state index in [9.17, 15) is 8.42 Å². The molecule has 0 radical (unpaired) electrons. The number of hydrogen-bond donors (Lipinski definition) is 1. The van der Waals surface area contributed by atoms with Gasteiger partial charge in [-0.15, -0.1) is 11.6 Å². The van der Waals surface area contributed by atoms with Crippen molar-refractivity contribution in [2.24, 2.45) is 17.8 Å². The number of nitrogens with one attached hydrogen (secondary N) is 1. The van der Waals surface area contributed by atoms with Crippen LogP contribution >= 0.6 is 11.6 Å². The van der Waals surface area contributed by atoms with E-state index >= 15 is 0 Å². The van der Waals surface area contributed by atoms with E-state index in [-0.39, 0.29) is 0 Å². The molecule has 0 amide bonds. The molecule has 1 aliphatic heterocycles. The van der Waals surface area contributed by atoms with Crippen molar-refractivity contribution in [2.75, 3.05) is 38.3 Å². The molecule has 3 atom stereocenters. The normalized spacial score (nSPS) is 32.2. The Morgan fingerprint density at radius 3 is 2.48 bits per heavy atom. The molecule has 0 aromatic carbocycles. The second-order valence-corrected chi connectivity index (χ2v) is 9.04. The SMILES string of the molecule is CS(=O)(=O)N1CCCC(CNCC2CCCCC2CCl)C1. The third-order valence-corrected chi connectivity index (χ3v) is 6.72. The summed E-state index contributed by atoms with van der Waals surface area (Å²) in [5.74, 6) is 2.58. The maximum absolute atomic E-state index is 11.6.